The highest BCUT2D eigenvalue weighted by molar-refractivity contribution is 5.80. The average molecular weight is 295 g/mol. The zero-order valence-electron chi connectivity index (χ0n) is 12.3. The number of nitrogens with one attached hydrogen (secondary N) is 1. The average Bonchev–Trinajstić information content (AvgIpc) is 3.07. The van der Waals surface area contributed by atoms with Gasteiger partial charge < -0.3 is 14.7 Å². The molecule has 1 saturated carbocycles. The summed E-state index contributed by atoms with van der Waals surface area (Å²) in [6.45, 7) is 0.862. The standard InChI is InChI=1S/C14H21N3O4/c1-17(7-11-6-12(8-21-2)16-15-11)13(18)9-3-4-10(5-9)14(19)20/h6,9-10H,3-5,7-8H2,1-2H3,(H,15,16)(H,19,20)/t9-,10+/m0/s1. The van der Waals surface area contributed by atoms with Gasteiger partial charge in [-0.3, -0.25) is 14.7 Å². The van der Waals surface area contributed by atoms with E-state index in [-0.39, 0.29) is 17.7 Å². The van der Waals surface area contributed by atoms with E-state index in [0.717, 1.165) is 11.4 Å². The number of aromatic amines is 1. The zero-order chi connectivity index (χ0) is 15.4. The lowest BCUT2D eigenvalue weighted by molar-refractivity contribution is -0.141. The fourth-order valence-electron chi connectivity index (χ4n) is 2.79. The molecule has 1 aromatic heterocycles. The van der Waals surface area contributed by atoms with Gasteiger partial charge in [0.25, 0.3) is 0 Å². The Balaban J connectivity index is 1.89. The summed E-state index contributed by atoms with van der Waals surface area (Å²) in [5.41, 5.74) is 1.63. The second-order valence-corrected chi connectivity index (χ2v) is 5.56. The molecule has 1 amide bonds. The topological polar surface area (TPSA) is 95.5 Å². The highest BCUT2D eigenvalue weighted by atomic mass is 16.5. The lowest BCUT2D eigenvalue weighted by Crippen LogP contribution is -2.31. The normalized spacial score (nSPS) is 21.4. The Morgan fingerprint density at radius 1 is 1.48 bits per heavy atom. The van der Waals surface area contributed by atoms with Gasteiger partial charge in [0.2, 0.25) is 5.91 Å². The molecular weight excluding hydrogens is 274 g/mol. The highest BCUT2D eigenvalue weighted by Crippen LogP contribution is 2.32. The zero-order valence-corrected chi connectivity index (χ0v) is 12.3. The molecule has 116 valence electrons. The van der Waals surface area contributed by atoms with Gasteiger partial charge in [-0.05, 0) is 25.3 Å². The minimum atomic E-state index is -0.800. The highest BCUT2D eigenvalue weighted by Gasteiger charge is 2.35. The summed E-state index contributed by atoms with van der Waals surface area (Å²) in [5.74, 6) is -1.36. The van der Waals surface area contributed by atoms with Crippen molar-refractivity contribution in [3.05, 3.63) is 17.5 Å². The molecule has 2 N–H and O–H groups in total. The number of carbonyl (C=O) groups is 2. The first-order chi connectivity index (χ1) is 10.0. The van der Waals surface area contributed by atoms with Gasteiger partial charge in [-0.25, -0.2) is 0 Å². The minimum absolute atomic E-state index is 0.00152. The summed E-state index contributed by atoms with van der Waals surface area (Å²) in [5, 5.41) is 16.0. The number of carbonyl (C=O) groups excluding carboxylic acids is 1. The molecule has 1 aliphatic carbocycles. The third kappa shape index (κ3) is 3.81. The molecule has 1 heterocycles. The van der Waals surface area contributed by atoms with Crippen LogP contribution in [0.1, 0.15) is 30.7 Å². The fraction of sp³-hybridized carbons (Fsp3) is 0.643. The molecule has 0 aromatic carbocycles. The van der Waals surface area contributed by atoms with Crippen molar-refractivity contribution < 1.29 is 19.4 Å². The first-order valence-electron chi connectivity index (χ1n) is 7.01. The SMILES string of the molecule is COCc1cc(CN(C)C(=O)[C@H]2CC[C@@H](C(=O)O)C2)[nH]n1. The van der Waals surface area contributed by atoms with E-state index in [0.29, 0.717) is 32.4 Å². The van der Waals surface area contributed by atoms with Crippen LogP contribution in [0.2, 0.25) is 0 Å². The summed E-state index contributed by atoms with van der Waals surface area (Å²) in [4.78, 5) is 24.9. The smallest absolute Gasteiger partial charge is 0.306 e. The molecule has 0 radical (unpaired) electrons. The van der Waals surface area contributed by atoms with E-state index in [1.165, 1.54) is 0 Å². The second kappa shape index (κ2) is 6.71. The van der Waals surface area contributed by atoms with Crippen molar-refractivity contribution in [2.45, 2.75) is 32.4 Å². The molecule has 2 atom stereocenters. The quantitative estimate of drug-likeness (QED) is 0.816. The number of hydrogen-bond donors (Lipinski definition) is 2. The van der Waals surface area contributed by atoms with Gasteiger partial charge in [-0.1, -0.05) is 0 Å². The summed E-state index contributed by atoms with van der Waals surface area (Å²) in [6, 6.07) is 1.86. The van der Waals surface area contributed by atoms with Crippen LogP contribution in [0.25, 0.3) is 0 Å². The predicted octanol–water partition coefficient (Wildman–Crippen LogP) is 1.02. The molecule has 7 nitrogen and oxygen atoms in total. The van der Waals surface area contributed by atoms with Crippen molar-refractivity contribution in [3.63, 3.8) is 0 Å². The van der Waals surface area contributed by atoms with E-state index in [2.05, 4.69) is 10.2 Å². The molecular formula is C14H21N3O4. The van der Waals surface area contributed by atoms with E-state index in [1.807, 2.05) is 6.07 Å². The third-order valence-corrected chi connectivity index (χ3v) is 3.89. The number of nitrogens with zero attached hydrogens (tertiary/aromatic N) is 2. The van der Waals surface area contributed by atoms with Crippen LogP contribution in [-0.2, 0) is 27.5 Å². The number of aliphatic carboxylic acids is 1. The second-order valence-electron chi connectivity index (χ2n) is 5.56. The number of rotatable bonds is 6. The fourth-order valence-corrected chi connectivity index (χ4v) is 2.79. The molecule has 0 saturated heterocycles. The van der Waals surface area contributed by atoms with Crippen LogP contribution >= 0.6 is 0 Å². The minimum Gasteiger partial charge on any atom is -0.481 e. The lowest BCUT2D eigenvalue weighted by atomic mass is 10.0. The van der Waals surface area contributed by atoms with Crippen LogP contribution in [0.15, 0.2) is 6.07 Å². The molecule has 1 aromatic rings. The molecule has 0 spiro atoms. The van der Waals surface area contributed by atoms with E-state index in [9.17, 15) is 9.59 Å². The van der Waals surface area contributed by atoms with Gasteiger partial charge in [0.05, 0.1) is 30.5 Å². The molecule has 1 fully saturated rings. The van der Waals surface area contributed by atoms with Gasteiger partial charge in [-0.15, -0.1) is 0 Å². The molecule has 2 rings (SSSR count). The van der Waals surface area contributed by atoms with Gasteiger partial charge in [0.15, 0.2) is 0 Å². The number of methoxy groups -OCH3 is 1. The lowest BCUT2D eigenvalue weighted by Gasteiger charge is -2.20. The number of aromatic nitrogens is 2. The summed E-state index contributed by atoms with van der Waals surface area (Å²) >= 11 is 0. The summed E-state index contributed by atoms with van der Waals surface area (Å²) in [7, 11) is 3.33. The Hall–Kier alpha value is -1.89. The summed E-state index contributed by atoms with van der Waals surface area (Å²) < 4.78 is 4.99. The number of amides is 1. The molecule has 0 aliphatic heterocycles. The van der Waals surface area contributed by atoms with Crippen LogP contribution in [0.3, 0.4) is 0 Å². The molecule has 21 heavy (non-hydrogen) atoms. The van der Waals surface area contributed by atoms with Gasteiger partial charge in [0.1, 0.15) is 0 Å². The summed E-state index contributed by atoms with van der Waals surface area (Å²) in [6.07, 6.45) is 1.68. The van der Waals surface area contributed by atoms with Crippen molar-refractivity contribution in [2.75, 3.05) is 14.2 Å². The van der Waals surface area contributed by atoms with Crippen LogP contribution in [0, 0.1) is 11.8 Å². The van der Waals surface area contributed by atoms with Gasteiger partial charge in [-0.2, -0.15) is 5.10 Å². The molecule has 7 heteroatoms. The molecule has 0 bridgehead atoms. The maximum absolute atomic E-state index is 12.3. The molecule has 0 unspecified atom stereocenters. The maximum atomic E-state index is 12.3. The van der Waals surface area contributed by atoms with Crippen molar-refractivity contribution in [1.29, 1.82) is 0 Å². The van der Waals surface area contributed by atoms with E-state index < -0.39 is 5.97 Å². The van der Waals surface area contributed by atoms with Crippen molar-refractivity contribution in [2.24, 2.45) is 11.8 Å². The largest absolute Gasteiger partial charge is 0.481 e. The Labute approximate surface area is 123 Å². The third-order valence-electron chi connectivity index (χ3n) is 3.89. The van der Waals surface area contributed by atoms with E-state index >= 15 is 0 Å². The monoisotopic (exact) mass is 295 g/mol. The van der Waals surface area contributed by atoms with Crippen LogP contribution in [0.5, 0.6) is 0 Å². The Kier molecular flexibility index (Phi) is 4.95. The first-order valence-corrected chi connectivity index (χ1v) is 7.01. The van der Waals surface area contributed by atoms with Crippen LogP contribution in [-0.4, -0.2) is 46.2 Å². The first kappa shape index (κ1) is 15.5. The van der Waals surface area contributed by atoms with E-state index in [4.69, 9.17) is 9.84 Å². The Morgan fingerprint density at radius 2 is 2.19 bits per heavy atom. The Bertz CT molecular complexity index is 514. The van der Waals surface area contributed by atoms with Crippen LogP contribution < -0.4 is 0 Å². The molecule has 1 aliphatic rings. The predicted molar refractivity (Wildman–Crippen MR) is 74.2 cm³/mol. The Morgan fingerprint density at radius 3 is 2.81 bits per heavy atom. The number of hydrogen-bond acceptors (Lipinski definition) is 4. The van der Waals surface area contributed by atoms with Crippen molar-refractivity contribution in [1.82, 2.24) is 15.1 Å². The van der Waals surface area contributed by atoms with Gasteiger partial charge in [0, 0.05) is 20.1 Å². The number of carboxylic acid groups (broad SMARTS) is 1. The van der Waals surface area contributed by atoms with Gasteiger partial charge >= 0.3 is 5.97 Å². The van der Waals surface area contributed by atoms with Crippen LogP contribution in [0.4, 0.5) is 0 Å². The maximum Gasteiger partial charge on any atom is 0.306 e. The van der Waals surface area contributed by atoms with Crippen molar-refractivity contribution >= 4 is 11.9 Å². The number of H-pyrrole nitrogens is 1. The number of carboxylic acids is 1. The number of ether oxygens (including phenoxy) is 1. The van der Waals surface area contributed by atoms with E-state index in [1.54, 1.807) is 19.1 Å². The van der Waals surface area contributed by atoms with Crippen molar-refractivity contribution in [3.8, 4) is 0 Å².